The molecule has 0 aliphatic carbocycles. The number of rotatable bonds is 3. The van der Waals surface area contributed by atoms with Crippen LogP contribution >= 0.6 is 0 Å². The molecule has 78 valence electrons. The number of nitrogens with two attached hydrogens (primary N) is 1. The number of pyridine rings is 1. The first-order valence-electron chi connectivity index (χ1n) is 4.89. The first-order valence-corrected chi connectivity index (χ1v) is 4.89. The highest BCUT2D eigenvalue weighted by Crippen LogP contribution is 2.21. The van der Waals surface area contributed by atoms with Crippen molar-refractivity contribution < 1.29 is 0 Å². The Morgan fingerprint density at radius 3 is 2.73 bits per heavy atom. The third-order valence-electron chi connectivity index (χ3n) is 2.62. The highest BCUT2D eigenvalue weighted by molar-refractivity contribution is 5.16. The van der Waals surface area contributed by atoms with Crippen LogP contribution in [0.25, 0.3) is 0 Å². The Bertz CT molecular complexity index is 409. The summed E-state index contributed by atoms with van der Waals surface area (Å²) in [5, 5.41) is 4.23. The number of aromatic nitrogens is 3. The zero-order chi connectivity index (χ0) is 10.7. The molecule has 0 radical (unpaired) electrons. The van der Waals surface area contributed by atoms with Crippen molar-refractivity contribution in [1.29, 1.82) is 0 Å². The van der Waals surface area contributed by atoms with Crippen molar-refractivity contribution in [2.75, 3.05) is 6.54 Å². The predicted molar refractivity (Wildman–Crippen MR) is 58.3 cm³/mol. The molecular formula is C11H14N4. The molecule has 2 N–H and O–H groups in total. The molecule has 4 nitrogen and oxygen atoms in total. The van der Waals surface area contributed by atoms with Gasteiger partial charge in [-0.05, 0) is 25.1 Å². The molecule has 0 bridgehead atoms. The molecule has 2 heterocycles. The van der Waals surface area contributed by atoms with E-state index in [-0.39, 0.29) is 5.54 Å². The van der Waals surface area contributed by atoms with E-state index in [1.807, 2.05) is 42.1 Å². The van der Waals surface area contributed by atoms with E-state index in [4.69, 9.17) is 5.73 Å². The van der Waals surface area contributed by atoms with Gasteiger partial charge in [0.1, 0.15) is 5.54 Å². The van der Waals surface area contributed by atoms with Crippen LogP contribution in [0.1, 0.15) is 12.6 Å². The fourth-order valence-corrected chi connectivity index (χ4v) is 1.56. The molecule has 15 heavy (non-hydrogen) atoms. The van der Waals surface area contributed by atoms with Crippen molar-refractivity contribution in [3.05, 3.63) is 48.5 Å². The van der Waals surface area contributed by atoms with Crippen molar-refractivity contribution in [3.63, 3.8) is 0 Å². The van der Waals surface area contributed by atoms with Crippen LogP contribution in [0, 0.1) is 0 Å². The standard InChI is InChI=1S/C11H14N4/c1-11(9-12,15-8-4-7-14-15)10-5-2-3-6-13-10/h2-8H,9,12H2,1H3. The van der Waals surface area contributed by atoms with Crippen molar-refractivity contribution in [1.82, 2.24) is 14.8 Å². The largest absolute Gasteiger partial charge is 0.328 e. The summed E-state index contributed by atoms with van der Waals surface area (Å²) in [5.41, 5.74) is 6.39. The molecule has 2 rings (SSSR count). The van der Waals surface area contributed by atoms with E-state index >= 15 is 0 Å². The third-order valence-corrected chi connectivity index (χ3v) is 2.62. The minimum absolute atomic E-state index is 0.370. The van der Waals surface area contributed by atoms with Gasteiger partial charge >= 0.3 is 0 Å². The van der Waals surface area contributed by atoms with Crippen LogP contribution in [-0.2, 0) is 5.54 Å². The molecule has 0 aliphatic heterocycles. The lowest BCUT2D eigenvalue weighted by atomic mass is 9.97. The van der Waals surface area contributed by atoms with E-state index in [0.717, 1.165) is 5.69 Å². The Morgan fingerprint density at radius 1 is 1.33 bits per heavy atom. The summed E-state index contributed by atoms with van der Waals surface area (Å²) in [7, 11) is 0. The maximum absolute atomic E-state index is 5.83. The van der Waals surface area contributed by atoms with Crippen molar-refractivity contribution >= 4 is 0 Å². The average Bonchev–Trinajstić information content (AvgIpc) is 2.83. The van der Waals surface area contributed by atoms with Gasteiger partial charge in [-0.1, -0.05) is 6.07 Å². The van der Waals surface area contributed by atoms with Crippen LogP contribution in [0.4, 0.5) is 0 Å². The molecule has 0 aliphatic rings. The minimum Gasteiger partial charge on any atom is -0.328 e. The molecule has 4 heteroatoms. The Labute approximate surface area is 88.8 Å². The summed E-state index contributed by atoms with van der Waals surface area (Å²) >= 11 is 0. The summed E-state index contributed by atoms with van der Waals surface area (Å²) < 4.78 is 1.84. The summed E-state index contributed by atoms with van der Waals surface area (Å²) in [6.45, 7) is 2.49. The SMILES string of the molecule is CC(CN)(c1ccccn1)n1cccn1. The van der Waals surface area contributed by atoms with Gasteiger partial charge in [-0.2, -0.15) is 5.10 Å². The summed E-state index contributed by atoms with van der Waals surface area (Å²) in [4.78, 5) is 4.34. The number of nitrogens with zero attached hydrogens (tertiary/aromatic N) is 3. The topological polar surface area (TPSA) is 56.7 Å². The molecule has 0 amide bonds. The molecule has 2 aromatic heterocycles. The second-order valence-electron chi connectivity index (χ2n) is 3.64. The molecule has 0 aromatic carbocycles. The predicted octanol–water partition coefficient (Wildman–Crippen LogP) is 1.00. The summed E-state index contributed by atoms with van der Waals surface area (Å²) in [6, 6.07) is 7.70. The maximum Gasteiger partial charge on any atom is 0.114 e. The first-order chi connectivity index (χ1) is 7.27. The lowest BCUT2D eigenvalue weighted by Gasteiger charge is -2.27. The number of hydrogen-bond acceptors (Lipinski definition) is 3. The minimum atomic E-state index is -0.370. The van der Waals surface area contributed by atoms with Gasteiger partial charge in [-0.3, -0.25) is 9.67 Å². The Balaban J connectivity index is 2.47. The van der Waals surface area contributed by atoms with Gasteiger partial charge in [0.25, 0.3) is 0 Å². The second kappa shape index (κ2) is 3.82. The fourth-order valence-electron chi connectivity index (χ4n) is 1.56. The molecule has 0 fully saturated rings. The Hall–Kier alpha value is -1.68. The Kier molecular flexibility index (Phi) is 2.51. The third kappa shape index (κ3) is 1.64. The number of hydrogen-bond donors (Lipinski definition) is 1. The monoisotopic (exact) mass is 202 g/mol. The van der Waals surface area contributed by atoms with Crippen molar-refractivity contribution in [2.45, 2.75) is 12.5 Å². The summed E-state index contributed by atoms with van der Waals surface area (Å²) in [5.74, 6) is 0. The van der Waals surface area contributed by atoms with E-state index in [2.05, 4.69) is 10.1 Å². The molecule has 1 atom stereocenters. The molecule has 0 saturated heterocycles. The first kappa shape index (κ1) is 9.86. The van der Waals surface area contributed by atoms with Gasteiger partial charge in [0.15, 0.2) is 0 Å². The molecule has 1 unspecified atom stereocenters. The van der Waals surface area contributed by atoms with Crippen LogP contribution < -0.4 is 5.73 Å². The van der Waals surface area contributed by atoms with Gasteiger partial charge in [0.05, 0.1) is 5.69 Å². The van der Waals surface area contributed by atoms with E-state index in [9.17, 15) is 0 Å². The highest BCUT2D eigenvalue weighted by atomic mass is 15.3. The summed E-state index contributed by atoms with van der Waals surface area (Å²) in [6.07, 6.45) is 5.42. The molecule has 0 saturated carbocycles. The quantitative estimate of drug-likeness (QED) is 0.807. The Morgan fingerprint density at radius 2 is 2.20 bits per heavy atom. The van der Waals surface area contributed by atoms with Crippen LogP contribution in [0.2, 0.25) is 0 Å². The molecule has 0 spiro atoms. The fraction of sp³-hybridized carbons (Fsp3) is 0.273. The van der Waals surface area contributed by atoms with Gasteiger partial charge in [-0.25, -0.2) is 0 Å². The van der Waals surface area contributed by atoms with Crippen LogP contribution in [-0.4, -0.2) is 21.3 Å². The molecule has 2 aromatic rings. The maximum atomic E-state index is 5.83. The highest BCUT2D eigenvalue weighted by Gasteiger charge is 2.28. The van der Waals surface area contributed by atoms with Gasteiger partial charge in [-0.15, -0.1) is 0 Å². The van der Waals surface area contributed by atoms with E-state index < -0.39 is 0 Å². The van der Waals surface area contributed by atoms with E-state index in [1.165, 1.54) is 0 Å². The smallest absolute Gasteiger partial charge is 0.114 e. The van der Waals surface area contributed by atoms with Gasteiger partial charge in [0, 0.05) is 25.1 Å². The van der Waals surface area contributed by atoms with E-state index in [1.54, 1.807) is 12.4 Å². The normalized spacial score (nSPS) is 14.8. The van der Waals surface area contributed by atoms with E-state index in [0.29, 0.717) is 6.54 Å². The van der Waals surface area contributed by atoms with Crippen LogP contribution in [0.5, 0.6) is 0 Å². The van der Waals surface area contributed by atoms with Crippen LogP contribution in [0.15, 0.2) is 42.9 Å². The molecular weight excluding hydrogens is 188 g/mol. The van der Waals surface area contributed by atoms with Gasteiger partial charge in [0.2, 0.25) is 0 Å². The van der Waals surface area contributed by atoms with Crippen LogP contribution in [0.3, 0.4) is 0 Å². The zero-order valence-corrected chi connectivity index (χ0v) is 8.67. The zero-order valence-electron chi connectivity index (χ0n) is 8.67. The second-order valence-corrected chi connectivity index (χ2v) is 3.64. The lowest BCUT2D eigenvalue weighted by molar-refractivity contribution is 0.354. The van der Waals surface area contributed by atoms with Gasteiger partial charge < -0.3 is 5.73 Å². The lowest BCUT2D eigenvalue weighted by Crippen LogP contribution is -2.40. The van der Waals surface area contributed by atoms with Crippen molar-refractivity contribution in [2.24, 2.45) is 5.73 Å². The van der Waals surface area contributed by atoms with Crippen molar-refractivity contribution in [3.8, 4) is 0 Å². The average molecular weight is 202 g/mol.